The van der Waals surface area contributed by atoms with E-state index in [1.54, 1.807) is 29.9 Å². The summed E-state index contributed by atoms with van der Waals surface area (Å²) in [6.45, 7) is 5.64. The van der Waals surface area contributed by atoms with E-state index in [0.29, 0.717) is 11.5 Å². The highest BCUT2D eigenvalue weighted by atomic mass is 32.1. The molecule has 8 nitrogen and oxygen atoms in total. The van der Waals surface area contributed by atoms with Gasteiger partial charge in [0.25, 0.3) is 0 Å². The molecule has 178 valence electrons. The third-order valence-corrected chi connectivity index (χ3v) is 6.83. The molecule has 6 aromatic rings. The zero-order valence-corrected chi connectivity index (χ0v) is 20.8. The lowest BCUT2D eigenvalue weighted by Crippen LogP contribution is -2.27. The molecular weight excluding hydrogens is 470 g/mol. The summed E-state index contributed by atoms with van der Waals surface area (Å²) in [6, 6.07) is 14.0. The fourth-order valence-electron chi connectivity index (χ4n) is 4.00. The van der Waals surface area contributed by atoms with Crippen molar-refractivity contribution in [1.82, 2.24) is 30.1 Å². The second-order valence-electron chi connectivity index (χ2n) is 9.62. The Labute approximate surface area is 210 Å². The molecule has 0 saturated heterocycles. The van der Waals surface area contributed by atoms with Crippen LogP contribution in [0.3, 0.4) is 0 Å². The molecule has 0 aliphatic heterocycles. The zero-order chi connectivity index (χ0) is 24.9. The molecular formula is C27H23N7OS. The van der Waals surface area contributed by atoms with Gasteiger partial charge < -0.3 is 10.3 Å². The Morgan fingerprint density at radius 1 is 1.00 bits per heavy atom. The van der Waals surface area contributed by atoms with E-state index in [9.17, 15) is 4.79 Å². The molecule has 9 heteroatoms. The van der Waals surface area contributed by atoms with Gasteiger partial charge in [-0.15, -0.1) is 11.3 Å². The summed E-state index contributed by atoms with van der Waals surface area (Å²) in [5.41, 5.74) is 6.21. The van der Waals surface area contributed by atoms with Crippen LogP contribution in [0.25, 0.3) is 55.2 Å². The molecule has 1 amide bonds. The van der Waals surface area contributed by atoms with E-state index in [0.717, 1.165) is 49.3 Å². The van der Waals surface area contributed by atoms with Crippen molar-refractivity contribution < 1.29 is 4.79 Å². The average molecular weight is 494 g/mol. The number of anilines is 1. The van der Waals surface area contributed by atoms with Crippen molar-refractivity contribution in [2.45, 2.75) is 20.8 Å². The number of H-pyrrole nitrogens is 2. The molecule has 5 aromatic heterocycles. The van der Waals surface area contributed by atoms with Gasteiger partial charge in [0.05, 0.1) is 27.8 Å². The smallest absolute Gasteiger partial charge is 0.229 e. The Hall–Kier alpha value is -4.37. The molecule has 1 aromatic carbocycles. The number of imidazole rings is 1. The molecule has 0 fully saturated rings. The molecule has 0 saturated carbocycles. The number of benzene rings is 1. The first-order chi connectivity index (χ1) is 17.4. The van der Waals surface area contributed by atoms with Crippen molar-refractivity contribution in [2.75, 3.05) is 5.32 Å². The van der Waals surface area contributed by atoms with Crippen LogP contribution in [0.15, 0.2) is 66.4 Å². The van der Waals surface area contributed by atoms with E-state index in [1.807, 2.05) is 62.5 Å². The van der Waals surface area contributed by atoms with Crippen LogP contribution in [0.1, 0.15) is 20.8 Å². The van der Waals surface area contributed by atoms with Crippen LogP contribution >= 0.6 is 11.3 Å². The summed E-state index contributed by atoms with van der Waals surface area (Å²) < 4.78 is 0. The summed E-state index contributed by atoms with van der Waals surface area (Å²) in [4.78, 5) is 30.7. The summed E-state index contributed by atoms with van der Waals surface area (Å²) in [5, 5.41) is 13.6. The SMILES string of the molecule is CC(C)(C)C(=O)Nc1cncc(-c2ccc3[nH]nc(-c4nc5c(-c6cccs6)nccc5[nH]4)c3c2)c1. The molecule has 3 N–H and O–H groups in total. The summed E-state index contributed by atoms with van der Waals surface area (Å²) >= 11 is 1.64. The lowest BCUT2D eigenvalue weighted by atomic mass is 9.95. The minimum atomic E-state index is -0.494. The molecule has 0 atom stereocenters. The number of aromatic nitrogens is 6. The van der Waals surface area contributed by atoms with Crippen molar-refractivity contribution in [3.05, 3.63) is 66.4 Å². The second kappa shape index (κ2) is 8.39. The molecule has 0 spiro atoms. The molecule has 36 heavy (non-hydrogen) atoms. The largest absolute Gasteiger partial charge is 0.336 e. The Balaban J connectivity index is 1.40. The highest BCUT2D eigenvalue weighted by Gasteiger charge is 2.21. The lowest BCUT2D eigenvalue weighted by Gasteiger charge is -2.17. The lowest BCUT2D eigenvalue weighted by molar-refractivity contribution is -0.123. The number of fused-ring (bicyclic) bond motifs is 2. The predicted octanol–water partition coefficient (Wildman–Crippen LogP) is 6.28. The number of nitrogens with zero attached hydrogens (tertiary/aromatic N) is 4. The van der Waals surface area contributed by atoms with Crippen LogP contribution in [-0.4, -0.2) is 36.0 Å². The van der Waals surface area contributed by atoms with E-state index < -0.39 is 5.41 Å². The van der Waals surface area contributed by atoms with Gasteiger partial charge in [0.1, 0.15) is 16.9 Å². The normalized spacial score (nSPS) is 11.9. The number of hydrogen-bond donors (Lipinski definition) is 3. The molecule has 5 heterocycles. The molecule has 0 aliphatic rings. The van der Waals surface area contributed by atoms with Gasteiger partial charge in [-0.05, 0) is 41.3 Å². The number of pyridine rings is 2. The van der Waals surface area contributed by atoms with Crippen LogP contribution in [0, 0.1) is 5.41 Å². The topological polar surface area (TPSA) is 112 Å². The number of nitrogens with one attached hydrogen (secondary N) is 3. The number of thiophene rings is 1. The second-order valence-corrected chi connectivity index (χ2v) is 10.6. The maximum atomic E-state index is 12.4. The number of hydrogen-bond acceptors (Lipinski definition) is 6. The Morgan fingerprint density at radius 3 is 2.69 bits per heavy atom. The van der Waals surface area contributed by atoms with Gasteiger partial charge >= 0.3 is 0 Å². The Morgan fingerprint density at radius 2 is 1.89 bits per heavy atom. The summed E-state index contributed by atoms with van der Waals surface area (Å²) in [5.74, 6) is 0.610. The van der Waals surface area contributed by atoms with Gasteiger partial charge in [-0.3, -0.25) is 19.9 Å². The van der Waals surface area contributed by atoms with Crippen molar-refractivity contribution in [1.29, 1.82) is 0 Å². The fraction of sp³-hybridized carbons (Fsp3) is 0.148. The fourth-order valence-corrected chi connectivity index (χ4v) is 4.72. The molecule has 0 unspecified atom stereocenters. The van der Waals surface area contributed by atoms with Gasteiger partial charge in [0.2, 0.25) is 5.91 Å². The Bertz CT molecular complexity index is 1720. The number of aromatic amines is 2. The quantitative estimate of drug-likeness (QED) is 0.268. The predicted molar refractivity (Wildman–Crippen MR) is 144 cm³/mol. The van der Waals surface area contributed by atoms with E-state index >= 15 is 0 Å². The highest BCUT2D eigenvalue weighted by Crippen LogP contribution is 2.33. The molecule has 0 bridgehead atoms. The number of amides is 1. The van der Waals surface area contributed by atoms with Gasteiger partial charge in [-0.25, -0.2) is 4.98 Å². The third kappa shape index (κ3) is 3.93. The van der Waals surface area contributed by atoms with Gasteiger partial charge in [0.15, 0.2) is 5.82 Å². The minimum Gasteiger partial charge on any atom is -0.336 e. The molecule has 0 aliphatic carbocycles. The first kappa shape index (κ1) is 22.1. The average Bonchev–Trinajstić information content (AvgIpc) is 3.62. The Kier molecular flexibility index (Phi) is 5.15. The maximum absolute atomic E-state index is 12.4. The van der Waals surface area contributed by atoms with Crippen LogP contribution in [0.4, 0.5) is 5.69 Å². The standard InChI is InChI=1S/C27H23N7OS/c1-27(2,3)26(35)30-17-11-16(13-28-14-17)15-6-7-19-18(12-15)22(34-33-19)25-31-20-8-9-29-24(23(20)32-25)21-5-4-10-36-21/h4-14H,1-3H3,(H,30,35)(H,31,32)(H,33,34). The minimum absolute atomic E-state index is 0.0599. The summed E-state index contributed by atoms with van der Waals surface area (Å²) in [6.07, 6.45) is 5.23. The van der Waals surface area contributed by atoms with Gasteiger partial charge in [-0.1, -0.05) is 32.9 Å². The van der Waals surface area contributed by atoms with Gasteiger partial charge in [-0.2, -0.15) is 5.10 Å². The zero-order valence-electron chi connectivity index (χ0n) is 20.0. The third-order valence-electron chi connectivity index (χ3n) is 5.95. The summed E-state index contributed by atoms with van der Waals surface area (Å²) in [7, 11) is 0. The van der Waals surface area contributed by atoms with Crippen molar-refractivity contribution >= 4 is 44.9 Å². The highest BCUT2D eigenvalue weighted by molar-refractivity contribution is 7.13. The van der Waals surface area contributed by atoms with E-state index in [2.05, 4.69) is 36.5 Å². The van der Waals surface area contributed by atoms with E-state index in [1.165, 1.54) is 0 Å². The van der Waals surface area contributed by atoms with Crippen LogP contribution in [0.2, 0.25) is 0 Å². The molecule has 6 rings (SSSR count). The number of carbonyl (C=O) groups is 1. The molecule has 0 radical (unpaired) electrons. The van der Waals surface area contributed by atoms with E-state index in [-0.39, 0.29) is 5.91 Å². The first-order valence-electron chi connectivity index (χ1n) is 11.5. The van der Waals surface area contributed by atoms with Crippen molar-refractivity contribution in [2.24, 2.45) is 5.41 Å². The van der Waals surface area contributed by atoms with Crippen molar-refractivity contribution in [3.8, 4) is 33.2 Å². The van der Waals surface area contributed by atoms with Crippen molar-refractivity contribution in [3.63, 3.8) is 0 Å². The maximum Gasteiger partial charge on any atom is 0.229 e. The van der Waals surface area contributed by atoms with Crippen LogP contribution < -0.4 is 5.32 Å². The first-order valence-corrected chi connectivity index (χ1v) is 12.4. The van der Waals surface area contributed by atoms with E-state index in [4.69, 9.17) is 4.98 Å². The van der Waals surface area contributed by atoms with Crippen LogP contribution in [0.5, 0.6) is 0 Å². The number of rotatable bonds is 4. The van der Waals surface area contributed by atoms with Crippen LogP contribution in [-0.2, 0) is 4.79 Å². The van der Waals surface area contributed by atoms with Gasteiger partial charge in [0, 0.05) is 28.8 Å². The number of carbonyl (C=O) groups excluding carboxylic acids is 1. The monoisotopic (exact) mass is 493 g/mol.